The summed E-state index contributed by atoms with van der Waals surface area (Å²) in [5.74, 6) is -2.07. The molecule has 1 saturated heterocycles. The van der Waals surface area contributed by atoms with E-state index in [1.807, 2.05) is 48.5 Å². The molecule has 9 heteroatoms. The monoisotopic (exact) mass is 422 g/mol. The van der Waals surface area contributed by atoms with Gasteiger partial charge in [-0.25, -0.2) is 9.80 Å². The maximum Gasteiger partial charge on any atom is 0.407 e. The van der Waals surface area contributed by atoms with Crippen molar-refractivity contribution in [1.29, 1.82) is 0 Å². The van der Waals surface area contributed by atoms with Gasteiger partial charge in [0.2, 0.25) is 11.8 Å². The highest BCUT2D eigenvalue weighted by Gasteiger charge is 2.38. The normalized spacial score (nSPS) is 18.6. The molecule has 4 N–H and O–H groups in total. The Labute approximate surface area is 178 Å². The Morgan fingerprint density at radius 2 is 1.71 bits per heavy atom. The van der Waals surface area contributed by atoms with E-state index in [-0.39, 0.29) is 18.9 Å². The van der Waals surface area contributed by atoms with Gasteiger partial charge in [-0.1, -0.05) is 48.5 Å². The van der Waals surface area contributed by atoms with Gasteiger partial charge in [0.05, 0.1) is 6.42 Å². The first-order valence-corrected chi connectivity index (χ1v) is 9.90. The number of primary amides is 1. The number of fused-ring (bicyclic) bond motifs is 3. The second-order valence-electron chi connectivity index (χ2n) is 7.55. The number of nitrogens with one attached hydrogen (secondary N) is 2. The molecule has 4 amide bonds. The van der Waals surface area contributed by atoms with E-state index in [4.69, 9.17) is 10.5 Å². The summed E-state index contributed by atoms with van der Waals surface area (Å²) in [6.45, 7) is 1.46. The van der Waals surface area contributed by atoms with Gasteiger partial charge in [-0.15, -0.1) is 0 Å². The first-order valence-electron chi connectivity index (χ1n) is 9.90. The zero-order valence-electron chi connectivity index (χ0n) is 16.8. The number of hydrogen-bond donors (Lipinski definition) is 3. The minimum atomic E-state index is -1.15. The minimum Gasteiger partial charge on any atom is -0.449 e. The third kappa shape index (κ3) is 3.81. The molecule has 1 fully saturated rings. The molecule has 0 radical (unpaired) electrons. The average molecular weight is 422 g/mol. The van der Waals surface area contributed by atoms with Gasteiger partial charge in [0.25, 0.3) is 5.91 Å². The lowest BCUT2D eigenvalue weighted by Gasteiger charge is -2.34. The molecule has 1 aliphatic carbocycles. The number of alkyl carbamates (subject to hydrolysis) is 1. The van der Waals surface area contributed by atoms with E-state index in [9.17, 15) is 19.2 Å². The van der Waals surface area contributed by atoms with Crippen molar-refractivity contribution in [3.05, 3.63) is 59.7 Å². The van der Waals surface area contributed by atoms with Crippen LogP contribution >= 0.6 is 0 Å². The lowest BCUT2D eigenvalue weighted by atomic mass is 9.98. The van der Waals surface area contributed by atoms with Crippen molar-refractivity contribution in [3.63, 3.8) is 0 Å². The van der Waals surface area contributed by atoms with Gasteiger partial charge >= 0.3 is 6.09 Å². The minimum absolute atomic E-state index is 0.0777. The van der Waals surface area contributed by atoms with Crippen LogP contribution in [0.5, 0.6) is 0 Å². The summed E-state index contributed by atoms with van der Waals surface area (Å²) >= 11 is 0. The van der Waals surface area contributed by atoms with Crippen molar-refractivity contribution in [2.45, 2.75) is 31.3 Å². The van der Waals surface area contributed by atoms with Crippen LogP contribution in [0.3, 0.4) is 0 Å². The smallest absolute Gasteiger partial charge is 0.407 e. The van der Waals surface area contributed by atoms with Crippen molar-refractivity contribution >= 4 is 23.8 Å². The number of benzene rings is 2. The van der Waals surface area contributed by atoms with Gasteiger partial charge in [-0.3, -0.25) is 19.8 Å². The van der Waals surface area contributed by atoms with Crippen LogP contribution in [0.15, 0.2) is 48.5 Å². The molecule has 2 aromatic rings. The lowest BCUT2D eigenvalue weighted by Crippen LogP contribution is -2.65. The highest BCUT2D eigenvalue weighted by Crippen LogP contribution is 2.44. The number of nitrogens with zero attached hydrogens (tertiary/aromatic N) is 1. The van der Waals surface area contributed by atoms with E-state index in [1.54, 1.807) is 0 Å². The number of ether oxygens (including phenoxy) is 1. The topological polar surface area (TPSA) is 131 Å². The molecule has 0 spiro atoms. The number of amides is 4. The van der Waals surface area contributed by atoms with E-state index in [0.29, 0.717) is 0 Å². The SMILES string of the molecule is C[C@@H](C(N)=O)N1NC(=O)C[C@@H](NC(=O)OCC2c3ccccc3-c3ccccc32)C1=O. The Bertz CT molecular complexity index is 1020. The molecule has 0 aromatic heterocycles. The second kappa shape index (κ2) is 8.10. The van der Waals surface area contributed by atoms with E-state index < -0.39 is 35.9 Å². The largest absolute Gasteiger partial charge is 0.449 e. The Morgan fingerprint density at radius 1 is 1.13 bits per heavy atom. The van der Waals surface area contributed by atoms with Gasteiger partial charge in [-0.2, -0.15) is 0 Å². The van der Waals surface area contributed by atoms with Gasteiger partial charge in [-0.05, 0) is 29.2 Å². The van der Waals surface area contributed by atoms with Crippen LogP contribution in [-0.4, -0.2) is 47.5 Å². The van der Waals surface area contributed by atoms with Crippen molar-refractivity contribution < 1.29 is 23.9 Å². The average Bonchev–Trinajstić information content (AvgIpc) is 3.08. The first kappa shape index (κ1) is 20.4. The van der Waals surface area contributed by atoms with Gasteiger partial charge in [0.15, 0.2) is 0 Å². The number of carbonyl (C=O) groups is 4. The van der Waals surface area contributed by atoms with E-state index >= 15 is 0 Å². The van der Waals surface area contributed by atoms with Crippen LogP contribution in [0.4, 0.5) is 4.79 Å². The Morgan fingerprint density at radius 3 is 2.29 bits per heavy atom. The van der Waals surface area contributed by atoms with Crippen LogP contribution in [0.2, 0.25) is 0 Å². The first-order chi connectivity index (χ1) is 14.9. The number of hydrogen-bond acceptors (Lipinski definition) is 5. The standard InChI is InChI=1S/C22H22N4O5/c1-12(20(23)28)26-21(29)18(10-19(27)25-26)24-22(30)31-11-17-15-8-4-2-6-13(15)14-7-3-5-9-16(14)17/h2-9,12,17-18H,10-11H2,1H3,(H2,23,28)(H,24,30)(H,25,27)/t12-,18+/m0/s1. The van der Waals surface area contributed by atoms with Crippen molar-refractivity contribution in [3.8, 4) is 11.1 Å². The van der Waals surface area contributed by atoms with E-state index in [1.165, 1.54) is 6.92 Å². The molecule has 2 aliphatic rings. The molecule has 160 valence electrons. The third-order valence-corrected chi connectivity index (χ3v) is 5.61. The molecule has 9 nitrogen and oxygen atoms in total. The molecule has 2 atom stereocenters. The van der Waals surface area contributed by atoms with Crippen LogP contribution in [0.1, 0.15) is 30.4 Å². The van der Waals surface area contributed by atoms with E-state index in [0.717, 1.165) is 27.3 Å². The molecule has 1 heterocycles. The highest BCUT2D eigenvalue weighted by molar-refractivity contribution is 5.97. The summed E-state index contributed by atoms with van der Waals surface area (Å²) in [4.78, 5) is 48.3. The lowest BCUT2D eigenvalue weighted by molar-refractivity contribution is -0.154. The zero-order valence-corrected chi connectivity index (χ0v) is 16.8. The van der Waals surface area contributed by atoms with Crippen LogP contribution in [0.25, 0.3) is 11.1 Å². The second-order valence-corrected chi connectivity index (χ2v) is 7.55. The molecule has 2 aromatic carbocycles. The summed E-state index contributed by atoms with van der Waals surface area (Å²) in [5.41, 5.74) is 11.8. The predicted molar refractivity (Wildman–Crippen MR) is 110 cm³/mol. The molecular formula is C22H22N4O5. The summed E-state index contributed by atoms with van der Waals surface area (Å²) < 4.78 is 5.43. The Balaban J connectivity index is 1.43. The third-order valence-electron chi connectivity index (χ3n) is 5.61. The molecule has 0 saturated carbocycles. The quantitative estimate of drug-likeness (QED) is 0.662. The summed E-state index contributed by atoms with van der Waals surface area (Å²) in [6, 6.07) is 13.7. The molecule has 31 heavy (non-hydrogen) atoms. The molecule has 0 bridgehead atoms. The summed E-state index contributed by atoms with van der Waals surface area (Å²) in [6.07, 6.45) is -1.08. The number of hydrazine groups is 1. The number of nitrogens with two attached hydrogens (primary N) is 1. The summed E-state index contributed by atoms with van der Waals surface area (Å²) in [5, 5.41) is 3.27. The maximum absolute atomic E-state index is 12.6. The summed E-state index contributed by atoms with van der Waals surface area (Å²) in [7, 11) is 0. The Hall–Kier alpha value is -3.88. The van der Waals surface area contributed by atoms with Crippen molar-refractivity contribution in [2.24, 2.45) is 5.73 Å². The highest BCUT2D eigenvalue weighted by atomic mass is 16.5. The molecule has 4 rings (SSSR count). The fourth-order valence-electron chi connectivity index (χ4n) is 3.99. The fourth-order valence-corrected chi connectivity index (χ4v) is 3.99. The van der Waals surface area contributed by atoms with Gasteiger partial charge in [0.1, 0.15) is 18.7 Å². The zero-order chi connectivity index (χ0) is 22.1. The fraction of sp³-hybridized carbons (Fsp3) is 0.273. The van der Waals surface area contributed by atoms with Gasteiger partial charge < -0.3 is 15.8 Å². The number of rotatable bonds is 5. The van der Waals surface area contributed by atoms with E-state index in [2.05, 4.69) is 10.7 Å². The Kier molecular flexibility index (Phi) is 5.33. The maximum atomic E-state index is 12.6. The van der Waals surface area contributed by atoms with Crippen LogP contribution in [0, 0.1) is 0 Å². The molecular weight excluding hydrogens is 400 g/mol. The predicted octanol–water partition coefficient (Wildman–Crippen LogP) is 1.03. The van der Waals surface area contributed by atoms with Crippen LogP contribution < -0.4 is 16.5 Å². The van der Waals surface area contributed by atoms with Gasteiger partial charge in [0, 0.05) is 5.92 Å². The van der Waals surface area contributed by atoms with Crippen LogP contribution in [-0.2, 0) is 19.1 Å². The molecule has 0 unspecified atom stereocenters. The van der Waals surface area contributed by atoms with Crippen molar-refractivity contribution in [1.82, 2.24) is 15.8 Å². The number of carbonyl (C=O) groups excluding carboxylic acids is 4. The van der Waals surface area contributed by atoms with Crippen molar-refractivity contribution in [2.75, 3.05) is 6.61 Å². The molecule has 1 aliphatic heterocycles.